The highest BCUT2D eigenvalue weighted by atomic mass is 79.9. The van der Waals surface area contributed by atoms with Crippen LogP contribution in [0, 0.1) is 17.1 Å². The fraction of sp³-hybridized carbons (Fsp3) is 0.231. The molecule has 0 saturated heterocycles. The van der Waals surface area contributed by atoms with Crippen molar-refractivity contribution in [3.8, 4) is 17.3 Å². The number of halogens is 2. The van der Waals surface area contributed by atoms with Gasteiger partial charge in [-0.15, -0.1) is 0 Å². The minimum absolute atomic E-state index is 0.342. The van der Waals surface area contributed by atoms with Crippen LogP contribution >= 0.6 is 15.9 Å². The van der Waals surface area contributed by atoms with E-state index in [0.717, 1.165) is 24.0 Å². The van der Waals surface area contributed by atoms with Crippen LogP contribution in [0.15, 0.2) is 22.7 Å². The summed E-state index contributed by atoms with van der Waals surface area (Å²) in [5.74, 6) is 0.257. The van der Waals surface area contributed by atoms with E-state index in [1.807, 2.05) is 0 Å². The fourth-order valence-corrected chi connectivity index (χ4v) is 2.58. The normalized spacial score (nSPS) is 13.5. The Hall–Kier alpha value is -1.87. The lowest BCUT2D eigenvalue weighted by molar-refractivity contribution is 0.621. The first-order valence-electron chi connectivity index (χ1n) is 5.90. The zero-order chi connectivity index (χ0) is 13.4. The molecule has 0 bridgehead atoms. The molecule has 0 spiro atoms. The van der Waals surface area contributed by atoms with Gasteiger partial charge in [0.05, 0.1) is 0 Å². The van der Waals surface area contributed by atoms with Crippen molar-refractivity contribution in [2.24, 2.45) is 0 Å². The Morgan fingerprint density at radius 1 is 1.47 bits per heavy atom. The van der Waals surface area contributed by atoms with Crippen LogP contribution in [0.25, 0.3) is 11.3 Å². The standard InChI is InChI=1S/C13H10BrFN4/c14-8-2-3-10(15)9(6-8)12-11(7-16)19-5-1-4-17-13(19)18-12/h2-3,6H,1,4-5H2,(H,17,18). The summed E-state index contributed by atoms with van der Waals surface area (Å²) in [5.41, 5.74) is 1.14. The van der Waals surface area contributed by atoms with Gasteiger partial charge in [-0.25, -0.2) is 9.37 Å². The third-order valence-electron chi connectivity index (χ3n) is 3.10. The van der Waals surface area contributed by atoms with E-state index in [-0.39, 0.29) is 5.82 Å². The lowest BCUT2D eigenvalue weighted by Gasteiger charge is -2.15. The van der Waals surface area contributed by atoms with Crippen LogP contribution in [0.2, 0.25) is 0 Å². The number of nitrogens with one attached hydrogen (secondary N) is 1. The van der Waals surface area contributed by atoms with Crippen molar-refractivity contribution in [3.05, 3.63) is 34.2 Å². The summed E-state index contributed by atoms with van der Waals surface area (Å²) in [5, 5.41) is 12.4. The number of nitrogens with zero attached hydrogens (tertiary/aromatic N) is 3. The zero-order valence-corrected chi connectivity index (χ0v) is 11.5. The number of aromatic nitrogens is 2. The highest BCUT2D eigenvalue weighted by Gasteiger charge is 2.22. The molecule has 0 atom stereocenters. The number of benzene rings is 1. The highest BCUT2D eigenvalue weighted by molar-refractivity contribution is 9.10. The molecule has 19 heavy (non-hydrogen) atoms. The summed E-state index contributed by atoms with van der Waals surface area (Å²) in [7, 11) is 0. The molecule has 96 valence electrons. The van der Waals surface area contributed by atoms with Crippen molar-refractivity contribution >= 4 is 21.9 Å². The largest absolute Gasteiger partial charge is 0.356 e. The number of nitriles is 1. The molecule has 1 aliphatic rings. The molecule has 0 unspecified atom stereocenters. The minimum Gasteiger partial charge on any atom is -0.356 e. The zero-order valence-electron chi connectivity index (χ0n) is 9.95. The summed E-state index contributed by atoms with van der Waals surface area (Å²) in [6.07, 6.45) is 0.929. The molecular formula is C13H10BrFN4. The predicted molar refractivity (Wildman–Crippen MR) is 73.1 cm³/mol. The van der Waals surface area contributed by atoms with Crippen LogP contribution < -0.4 is 5.32 Å². The second-order valence-electron chi connectivity index (χ2n) is 4.30. The monoisotopic (exact) mass is 320 g/mol. The van der Waals surface area contributed by atoms with Crippen LogP contribution in [-0.4, -0.2) is 16.1 Å². The molecular weight excluding hydrogens is 311 g/mol. The number of fused-ring (bicyclic) bond motifs is 1. The summed E-state index contributed by atoms with van der Waals surface area (Å²) in [4.78, 5) is 4.36. The molecule has 2 aromatic rings. The summed E-state index contributed by atoms with van der Waals surface area (Å²) < 4.78 is 16.5. The van der Waals surface area contributed by atoms with Crippen molar-refractivity contribution in [2.75, 3.05) is 11.9 Å². The van der Waals surface area contributed by atoms with Crippen molar-refractivity contribution in [1.82, 2.24) is 9.55 Å². The van der Waals surface area contributed by atoms with Crippen LogP contribution in [0.5, 0.6) is 0 Å². The molecule has 4 nitrogen and oxygen atoms in total. The Morgan fingerprint density at radius 3 is 3.11 bits per heavy atom. The van der Waals surface area contributed by atoms with E-state index < -0.39 is 0 Å². The highest BCUT2D eigenvalue weighted by Crippen LogP contribution is 2.31. The Labute approximate surface area is 118 Å². The number of rotatable bonds is 1. The first kappa shape index (κ1) is 12.2. The van der Waals surface area contributed by atoms with Crippen molar-refractivity contribution < 1.29 is 4.39 Å². The number of hydrogen-bond donors (Lipinski definition) is 1. The molecule has 0 saturated carbocycles. The second-order valence-corrected chi connectivity index (χ2v) is 5.22. The molecule has 2 heterocycles. The van der Waals surface area contributed by atoms with E-state index in [9.17, 15) is 9.65 Å². The van der Waals surface area contributed by atoms with E-state index in [2.05, 4.69) is 32.3 Å². The molecule has 6 heteroatoms. The maximum Gasteiger partial charge on any atom is 0.204 e. The third kappa shape index (κ3) is 2.00. The van der Waals surface area contributed by atoms with Crippen LogP contribution in [0.4, 0.5) is 10.3 Å². The van der Waals surface area contributed by atoms with Gasteiger partial charge < -0.3 is 9.88 Å². The number of imidazole rings is 1. The molecule has 3 rings (SSSR count). The van der Waals surface area contributed by atoms with Gasteiger partial charge in [-0.1, -0.05) is 15.9 Å². The van der Waals surface area contributed by atoms with E-state index >= 15 is 0 Å². The van der Waals surface area contributed by atoms with Gasteiger partial charge in [0.15, 0.2) is 0 Å². The van der Waals surface area contributed by atoms with E-state index in [1.54, 1.807) is 16.7 Å². The molecule has 0 amide bonds. The predicted octanol–water partition coefficient (Wildman–Crippen LogP) is 3.14. The quantitative estimate of drug-likeness (QED) is 0.878. The Morgan fingerprint density at radius 2 is 2.32 bits per heavy atom. The molecule has 0 aliphatic carbocycles. The maximum atomic E-state index is 13.9. The Balaban J connectivity index is 2.23. The summed E-state index contributed by atoms with van der Waals surface area (Å²) in [6, 6.07) is 6.76. The molecule has 1 aliphatic heterocycles. The molecule has 0 radical (unpaired) electrons. The van der Waals surface area contributed by atoms with Gasteiger partial charge in [0, 0.05) is 23.1 Å². The SMILES string of the molecule is N#Cc1c(-c2cc(Br)ccc2F)nc2n1CCCN2. The van der Waals surface area contributed by atoms with Crippen LogP contribution in [0.3, 0.4) is 0 Å². The third-order valence-corrected chi connectivity index (χ3v) is 3.59. The average Bonchev–Trinajstić information content (AvgIpc) is 2.79. The summed E-state index contributed by atoms with van der Waals surface area (Å²) in [6.45, 7) is 1.55. The molecule has 1 aromatic carbocycles. The van der Waals surface area contributed by atoms with Crippen molar-refractivity contribution in [2.45, 2.75) is 13.0 Å². The number of anilines is 1. The average molecular weight is 321 g/mol. The molecule has 1 aromatic heterocycles. The molecule has 0 fully saturated rings. The second kappa shape index (κ2) is 4.67. The lowest BCUT2D eigenvalue weighted by atomic mass is 10.1. The van der Waals surface area contributed by atoms with E-state index in [4.69, 9.17) is 0 Å². The maximum absolute atomic E-state index is 13.9. The number of hydrogen-bond acceptors (Lipinski definition) is 3. The van der Waals surface area contributed by atoms with E-state index in [0.29, 0.717) is 22.9 Å². The van der Waals surface area contributed by atoms with Gasteiger partial charge in [0.1, 0.15) is 23.3 Å². The minimum atomic E-state index is -0.379. The van der Waals surface area contributed by atoms with Gasteiger partial charge in [-0.2, -0.15) is 5.26 Å². The van der Waals surface area contributed by atoms with Crippen LogP contribution in [0.1, 0.15) is 12.1 Å². The first-order valence-corrected chi connectivity index (χ1v) is 6.70. The smallest absolute Gasteiger partial charge is 0.204 e. The van der Waals surface area contributed by atoms with Gasteiger partial charge in [0.25, 0.3) is 0 Å². The Bertz CT molecular complexity index is 687. The van der Waals surface area contributed by atoms with Gasteiger partial charge in [-0.05, 0) is 24.6 Å². The molecule has 1 N–H and O–H groups in total. The Kier molecular flexibility index (Phi) is 2.99. The summed E-state index contributed by atoms with van der Waals surface area (Å²) >= 11 is 3.31. The van der Waals surface area contributed by atoms with Gasteiger partial charge in [0.2, 0.25) is 5.95 Å². The van der Waals surface area contributed by atoms with Gasteiger partial charge in [-0.3, -0.25) is 0 Å². The topological polar surface area (TPSA) is 53.6 Å². The first-order chi connectivity index (χ1) is 9.20. The lowest BCUT2D eigenvalue weighted by Crippen LogP contribution is -2.18. The van der Waals surface area contributed by atoms with Crippen molar-refractivity contribution in [1.29, 1.82) is 5.26 Å². The van der Waals surface area contributed by atoms with Crippen LogP contribution in [-0.2, 0) is 6.54 Å². The van der Waals surface area contributed by atoms with E-state index in [1.165, 1.54) is 6.07 Å². The van der Waals surface area contributed by atoms with Crippen molar-refractivity contribution in [3.63, 3.8) is 0 Å². The van der Waals surface area contributed by atoms with Gasteiger partial charge >= 0.3 is 0 Å². The fourth-order valence-electron chi connectivity index (χ4n) is 2.22.